The zero-order valence-electron chi connectivity index (χ0n) is 24.6. The number of fused-ring (bicyclic) bond motifs is 1. The van der Waals surface area contributed by atoms with Gasteiger partial charge in [0.2, 0.25) is 5.91 Å². The highest BCUT2D eigenvalue weighted by Crippen LogP contribution is 2.25. The van der Waals surface area contributed by atoms with E-state index in [1.165, 1.54) is 12.2 Å². The second-order valence-corrected chi connectivity index (χ2v) is 12.1. The topological polar surface area (TPSA) is 158 Å². The van der Waals surface area contributed by atoms with Gasteiger partial charge in [0, 0.05) is 86.0 Å². The van der Waals surface area contributed by atoms with E-state index in [4.69, 9.17) is 8.97 Å². The van der Waals surface area contributed by atoms with Crippen LogP contribution in [0.4, 0.5) is 5.69 Å². The van der Waals surface area contributed by atoms with Gasteiger partial charge in [-0.15, -0.1) is 0 Å². The van der Waals surface area contributed by atoms with Crippen molar-refractivity contribution in [2.24, 2.45) is 0 Å². The number of carbonyl (C=O) groups is 3. The van der Waals surface area contributed by atoms with Gasteiger partial charge in [-0.25, -0.2) is 9.36 Å². The van der Waals surface area contributed by atoms with Crippen molar-refractivity contribution in [3.05, 3.63) is 71.4 Å². The lowest BCUT2D eigenvalue weighted by atomic mass is 10.1. The van der Waals surface area contributed by atoms with Crippen molar-refractivity contribution in [1.82, 2.24) is 10.2 Å². The number of unbranched alkanes of at least 4 members (excludes halogenated alkanes) is 2. The molecule has 0 unspecified atom stereocenters. The molecular weight excluding hydrogens is 588 g/mol. The Labute approximate surface area is 255 Å². The van der Waals surface area contributed by atoms with Gasteiger partial charge in [0.1, 0.15) is 12.1 Å². The van der Waals surface area contributed by atoms with Gasteiger partial charge in [0.25, 0.3) is 21.9 Å². The fourth-order valence-corrected chi connectivity index (χ4v) is 5.49. The van der Waals surface area contributed by atoms with E-state index in [0.29, 0.717) is 36.1 Å². The van der Waals surface area contributed by atoms with E-state index in [0.717, 1.165) is 41.9 Å². The third kappa shape index (κ3) is 9.07. The maximum absolute atomic E-state index is 12.9. The fourth-order valence-electron chi connectivity index (χ4n) is 5.00. The van der Waals surface area contributed by atoms with Crippen LogP contribution in [0.2, 0.25) is 0 Å². The summed E-state index contributed by atoms with van der Waals surface area (Å²) in [5.41, 5.74) is 2.04. The molecule has 2 aromatic heterocycles. The summed E-state index contributed by atoms with van der Waals surface area (Å²) in [6.07, 6.45) is 9.00. The highest BCUT2D eigenvalue weighted by atomic mass is 32.2. The Hall–Kier alpha value is -4.36. The Morgan fingerprint density at radius 2 is 1.73 bits per heavy atom. The van der Waals surface area contributed by atoms with Crippen LogP contribution in [-0.4, -0.2) is 67.5 Å². The molecule has 0 aliphatic carbocycles. The van der Waals surface area contributed by atoms with Crippen LogP contribution in [0.5, 0.6) is 0 Å². The highest BCUT2D eigenvalue weighted by molar-refractivity contribution is 7.85. The first-order chi connectivity index (χ1) is 21.0. The first kappa shape index (κ1) is 32.6. The van der Waals surface area contributed by atoms with Crippen LogP contribution >= 0.6 is 0 Å². The Bertz CT molecular complexity index is 1680. The van der Waals surface area contributed by atoms with Crippen molar-refractivity contribution in [3.63, 3.8) is 0 Å². The lowest BCUT2D eigenvalue weighted by molar-refractivity contribution is -0.696. The number of aromatic nitrogens is 1. The molecule has 44 heavy (non-hydrogen) atoms. The van der Waals surface area contributed by atoms with Crippen LogP contribution in [0.15, 0.2) is 70.2 Å². The minimum Gasteiger partial charge on any atom is -0.422 e. The molecule has 1 aromatic carbocycles. The number of hydrogen-bond donors (Lipinski definition) is 2. The van der Waals surface area contributed by atoms with Crippen LogP contribution < -0.4 is 20.4 Å². The van der Waals surface area contributed by atoms with Crippen molar-refractivity contribution in [3.8, 4) is 11.1 Å². The number of aryl methyl sites for hydroxylation is 1. The normalized spacial score (nSPS) is 13.2. The minimum absolute atomic E-state index is 0.112. The summed E-state index contributed by atoms with van der Waals surface area (Å²) in [6, 6.07) is 11.1. The summed E-state index contributed by atoms with van der Waals surface area (Å²) in [6.45, 7) is 4.37. The fraction of sp³-hybridized carbons (Fsp3) is 0.387. The van der Waals surface area contributed by atoms with Crippen molar-refractivity contribution in [2.45, 2.75) is 45.6 Å². The van der Waals surface area contributed by atoms with E-state index in [1.807, 2.05) is 25.1 Å². The number of amides is 3. The first-order valence-corrected chi connectivity index (χ1v) is 16.2. The van der Waals surface area contributed by atoms with Gasteiger partial charge < -0.3 is 14.6 Å². The Balaban J connectivity index is 1.26. The van der Waals surface area contributed by atoms with E-state index in [9.17, 15) is 27.6 Å². The summed E-state index contributed by atoms with van der Waals surface area (Å²) in [7, 11) is -4.00. The summed E-state index contributed by atoms with van der Waals surface area (Å²) in [5, 5.41) is 3.53. The van der Waals surface area contributed by atoms with E-state index in [1.54, 1.807) is 35.2 Å². The van der Waals surface area contributed by atoms with Crippen molar-refractivity contribution in [2.75, 3.05) is 36.8 Å². The zero-order chi connectivity index (χ0) is 31.7. The molecule has 3 heterocycles. The predicted molar refractivity (Wildman–Crippen MR) is 164 cm³/mol. The molecule has 13 heteroatoms. The number of pyridine rings is 1. The average Bonchev–Trinajstić information content (AvgIpc) is 3.30. The molecule has 0 radical (unpaired) electrons. The lowest BCUT2D eigenvalue weighted by Crippen LogP contribution is -2.38. The molecule has 0 fully saturated rings. The smallest absolute Gasteiger partial charge is 0.344 e. The average molecular weight is 626 g/mol. The van der Waals surface area contributed by atoms with Gasteiger partial charge in [-0.05, 0) is 38.0 Å². The second-order valence-electron chi connectivity index (χ2n) is 10.5. The Kier molecular flexibility index (Phi) is 11.0. The number of nitrogens with zero attached hydrogens (tertiary/aromatic N) is 3. The largest absolute Gasteiger partial charge is 0.422 e. The molecule has 3 aromatic rings. The van der Waals surface area contributed by atoms with Crippen LogP contribution in [0.25, 0.3) is 22.1 Å². The third-order valence-electron chi connectivity index (χ3n) is 7.38. The molecule has 0 saturated heterocycles. The first-order valence-electron chi connectivity index (χ1n) is 14.6. The van der Waals surface area contributed by atoms with E-state index in [2.05, 4.69) is 10.2 Å². The third-order valence-corrected chi connectivity index (χ3v) is 8.18. The van der Waals surface area contributed by atoms with Gasteiger partial charge in [-0.3, -0.25) is 23.8 Å². The maximum Gasteiger partial charge on any atom is 0.344 e. The highest BCUT2D eigenvalue weighted by Gasteiger charge is 2.22. The monoisotopic (exact) mass is 625 g/mol. The second kappa shape index (κ2) is 14.9. The summed E-state index contributed by atoms with van der Waals surface area (Å²) in [4.78, 5) is 51.4. The number of carbonyl (C=O) groups excluding carboxylic acids is 3. The molecule has 2 N–H and O–H groups in total. The van der Waals surface area contributed by atoms with Gasteiger partial charge in [0.15, 0.2) is 12.4 Å². The molecule has 0 saturated carbocycles. The number of anilines is 1. The number of benzene rings is 1. The van der Waals surface area contributed by atoms with Gasteiger partial charge in [-0.1, -0.05) is 6.42 Å². The number of nitrogens with one attached hydrogen (secondary N) is 1. The Morgan fingerprint density at radius 3 is 2.41 bits per heavy atom. The van der Waals surface area contributed by atoms with Gasteiger partial charge in [-0.2, -0.15) is 8.42 Å². The van der Waals surface area contributed by atoms with Crippen molar-refractivity contribution < 1.29 is 36.3 Å². The molecule has 1 aliphatic rings. The SMILES string of the molecule is CCN(CCCCCC(=O)NCCN1C(=O)C=CC1=O)c1ccc2cc(-c3cc[n+](CCCS(=O)(=O)O)cc3)c(=O)oc2c1. The van der Waals surface area contributed by atoms with E-state index < -0.39 is 15.7 Å². The molecule has 3 amide bonds. The summed E-state index contributed by atoms with van der Waals surface area (Å²) >= 11 is 0. The molecule has 0 spiro atoms. The minimum atomic E-state index is -4.00. The lowest BCUT2D eigenvalue weighted by Gasteiger charge is -2.23. The molecule has 234 valence electrons. The summed E-state index contributed by atoms with van der Waals surface area (Å²) < 4.78 is 38.2. The molecule has 0 bridgehead atoms. The zero-order valence-corrected chi connectivity index (χ0v) is 25.4. The molecule has 4 rings (SSSR count). The van der Waals surface area contributed by atoms with Crippen LogP contribution in [0, 0.1) is 0 Å². The molecule has 12 nitrogen and oxygen atoms in total. The number of hydrogen-bond acceptors (Lipinski definition) is 8. The van der Waals surface area contributed by atoms with Crippen molar-refractivity contribution in [1.29, 1.82) is 0 Å². The quantitative estimate of drug-likeness (QED) is 0.0802. The molecule has 0 atom stereocenters. The molecular formula is C31H37N4O8S+. The molecule has 1 aliphatic heterocycles. The van der Waals surface area contributed by atoms with Crippen LogP contribution in [-0.2, 0) is 31.0 Å². The summed E-state index contributed by atoms with van der Waals surface area (Å²) in [5.74, 6) is -1.15. The van der Waals surface area contributed by atoms with Gasteiger partial charge in [0.05, 0.1) is 11.3 Å². The standard InChI is InChI=1S/C31H36N4O8S/c1-2-34(16-5-3-4-7-28(36)32-14-19-35-29(37)10-11-30(35)38)25-9-8-24-21-26(31(39)43-27(24)22-25)23-12-17-33(18-13-23)15-6-20-44(40,41)42/h8-13,17-18,21-22H,2-7,14-16,19-20H2,1H3,(H-,32,36,40,41,42)/p+1. The number of rotatable bonds is 16. The van der Waals surface area contributed by atoms with Crippen LogP contribution in [0.1, 0.15) is 39.0 Å². The van der Waals surface area contributed by atoms with Gasteiger partial charge >= 0.3 is 5.63 Å². The van der Waals surface area contributed by atoms with E-state index >= 15 is 0 Å². The Morgan fingerprint density at radius 1 is 1.00 bits per heavy atom. The van der Waals surface area contributed by atoms with Crippen molar-refractivity contribution >= 4 is 44.5 Å². The number of imide groups is 1. The van der Waals surface area contributed by atoms with Crippen LogP contribution in [0.3, 0.4) is 0 Å². The maximum atomic E-state index is 12.9. The predicted octanol–water partition coefficient (Wildman–Crippen LogP) is 2.45. The van der Waals surface area contributed by atoms with E-state index in [-0.39, 0.29) is 43.0 Å².